The highest BCUT2D eigenvalue weighted by molar-refractivity contribution is 7.14. The van der Waals surface area contributed by atoms with Crippen molar-refractivity contribution < 1.29 is 9.59 Å². The number of thiazole rings is 2. The van der Waals surface area contributed by atoms with E-state index >= 15 is 0 Å². The average molecular weight is 399 g/mol. The van der Waals surface area contributed by atoms with Crippen molar-refractivity contribution >= 4 is 45.3 Å². The van der Waals surface area contributed by atoms with Gasteiger partial charge in [0.2, 0.25) is 11.8 Å². The Balaban J connectivity index is 1.36. The van der Waals surface area contributed by atoms with Crippen LogP contribution in [0.1, 0.15) is 23.5 Å². The third-order valence-electron chi connectivity index (χ3n) is 4.13. The molecule has 1 aromatic carbocycles. The first kappa shape index (κ1) is 17.8. The molecule has 2 amide bonds. The maximum absolute atomic E-state index is 12.3. The SMILES string of the molecule is Cc1nc(-c2cccc(NC(=O)Cc3csc(NC(=O)C4CC4)n3)c2)cs1. The smallest absolute Gasteiger partial charge is 0.230 e. The van der Waals surface area contributed by atoms with E-state index in [0.717, 1.165) is 34.8 Å². The van der Waals surface area contributed by atoms with Gasteiger partial charge in [-0.05, 0) is 31.9 Å². The van der Waals surface area contributed by atoms with Gasteiger partial charge in [0.05, 0.1) is 22.8 Å². The lowest BCUT2D eigenvalue weighted by atomic mass is 10.1. The first-order chi connectivity index (χ1) is 13.1. The molecule has 1 fully saturated rings. The molecule has 2 aromatic heterocycles. The normalized spacial score (nSPS) is 13.4. The van der Waals surface area contributed by atoms with E-state index in [2.05, 4.69) is 20.6 Å². The predicted molar refractivity (Wildman–Crippen MR) is 108 cm³/mol. The fourth-order valence-corrected chi connectivity index (χ4v) is 3.96. The lowest BCUT2D eigenvalue weighted by molar-refractivity contribution is -0.117. The number of hydrogen-bond donors (Lipinski definition) is 2. The van der Waals surface area contributed by atoms with Crippen molar-refractivity contribution in [2.24, 2.45) is 5.92 Å². The zero-order valence-electron chi connectivity index (χ0n) is 14.7. The highest BCUT2D eigenvalue weighted by Crippen LogP contribution is 2.30. The van der Waals surface area contributed by atoms with E-state index in [1.165, 1.54) is 11.3 Å². The fraction of sp³-hybridized carbons (Fsp3) is 0.263. The summed E-state index contributed by atoms with van der Waals surface area (Å²) in [5, 5.41) is 11.1. The maximum atomic E-state index is 12.3. The van der Waals surface area contributed by atoms with Crippen LogP contribution in [0.15, 0.2) is 35.0 Å². The summed E-state index contributed by atoms with van der Waals surface area (Å²) in [4.78, 5) is 32.9. The number of hydrogen-bond acceptors (Lipinski definition) is 6. The van der Waals surface area contributed by atoms with Gasteiger partial charge < -0.3 is 10.6 Å². The van der Waals surface area contributed by atoms with Gasteiger partial charge >= 0.3 is 0 Å². The van der Waals surface area contributed by atoms with E-state index in [4.69, 9.17) is 0 Å². The summed E-state index contributed by atoms with van der Waals surface area (Å²) in [6.45, 7) is 1.97. The number of anilines is 2. The second kappa shape index (κ2) is 7.58. The van der Waals surface area contributed by atoms with Gasteiger partial charge in [-0.3, -0.25) is 9.59 Å². The van der Waals surface area contributed by atoms with Crippen molar-refractivity contribution in [2.45, 2.75) is 26.2 Å². The molecule has 0 unspecified atom stereocenters. The minimum absolute atomic E-state index is 0.0226. The third-order valence-corrected chi connectivity index (χ3v) is 5.71. The molecule has 0 aliphatic heterocycles. The number of carbonyl (C=O) groups excluding carboxylic acids is 2. The molecule has 8 heteroatoms. The van der Waals surface area contributed by atoms with Crippen LogP contribution in [0.3, 0.4) is 0 Å². The Morgan fingerprint density at radius 3 is 2.74 bits per heavy atom. The molecular weight excluding hydrogens is 380 g/mol. The van der Waals surface area contributed by atoms with Crippen molar-refractivity contribution in [1.82, 2.24) is 9.97 Å². The number of aromatic nitrogens is 2. The Morgan fingerprint density at radius 1 is 1.15 bits per heavy atom. The van der Waals surface area contributed by atoms with Crippen LogP contribution in [0.2, 0.25) is 0 Å². The summed E-state index contributed by atoms with van der Waals surface area (Å²) in [6, 6.07) is 7.63. The maximum Gasteiger partial charge on any atom is 0.230 e. The van der Waals surface area contributed by atoms with E-state index in [9.17, 15) is 9.59 Å². The summed E-state index contributed by atoms with van der Waals surface area (Å²) in [7, 11) is 0. The molecule has 2 N–H and O–H groups in total. The van der Waals surface area contributed by atoms with Crippen molar-refractivity contribution in [3.05, 3.63) is 45.7 Å². The van der Waals surface area contributed by atoms with Gasteiger partial charge in [-0.2, -0.15) is 0 Å². The van der Waals surface area contributed by atoms with Crippen LogP contribution in [0.25, 0.3) is 11.3 Å². The molecule has 1 saturated carbocycles. The van der Waals surface area contributed by atoms with Crippen LogP contribution in [0.4, 0.5) is 10.8 Å². The number of rotatable bonds is 6. The average Bonchev–Trinajstić information content (AvgIpc) is 3.27. The van der Waals surface area contributed by atoms with E-state index < -0.39 is 0 Å². The lowest BCUT2D eigenvalue weighted by Crippen LogP contribution is -2.15. The van der Waals surface area contributed by atoms with Crippen LogP contribution in [-0.4, -0.2) is 21.8 Å². The summed E-state index contributed by atoms with van der Waals surface area (Å²) >= 11 is 2.94. The second-order valence-corrected chi connectivity index (χ2v) is 8.39. The van der Waals surface area contributed by atoms with Gasteiger partial charge in [0.1, 0.15) is 0 Å². The Morgan fingerprint density at radius 2 is 2.00 bits per heavy atom. The molecule has 3 aromatic rings. The number of carbonyl (C=O) groups is 2. The van der Waals surface area contributed by atoms with Crippen molar-refractivity contribution in [2.75, 3.05) is 10.6 Å². The molecule has 4 rings (SSSR count). The van der Waals surface area contributed by atoms with Crippen molar-refractivity contribution in [3.8, 4) is 11.3 Å². The monoisotopic (exact) mass is 398 g/mol. The fourth-order valence-electron chi connectivity index (χ4n) is 2.62. The van der Waals surface area contributed by atoms with Gasteiger partial charge in [0.25, 0.3) is 0 Å². The Bertz CT molecular complexity index is 991. The first-order valence-electron chi connectivity index (χ1n) is 8.64. The summed E-state index contributed by atoms with van der Waals surface area (Å²) in [6.07, 6.45) is 2.06. The van der Waals surface area contributed by atoms with Crippen LogP contribution < -0.4 is 10.6 Å². The van der Waals surface area contributed by atoms with Gasteiger partial charge in [-0.15, -0.1) is 22.7 Å². The first-order valence-corrected chi connectivity index (χ1v) is 10.4. The molecule has 6 nitrogen and oxygen atoms in total. The number of amides is 2. The molecular formula is C19H18N4O2S2. The largest absolute Gasteiger partial charge is 0.326 e. The molecule has 27 heavy (non-hydrogen) atoms. The van der Waals surface area contributed by atoms with Crippen LogP contribution in [0.5, 0.6) is 0 Å². The van der Waals surface area contributed by atoms with Gasteiger partial charge in [-0.1, -0.05) is 12.1 Å². The van der Waals surface area contributed by atoms with Crippen LogP contribution in [0, 0.1) is 12.8 Å². The Hall–Kier alpha value is -2.58. The van der Waals surface area contributed by atoms with Crippen molar-refractivity contribution in [3.63, 3.8) is 0 Å². The predicted octanol–water partition coefficient (Wildman–Crippen LogP) is 4.10. The Labute approximate surface area is 164 Å². The summed E-state index contributed by atoms with van der Waals surface area (Å²) in [5.41, 5.74) is 3.25. The standard InChI is InChI=1S/C19H18N4O2S2/c1-11-20-16(10-26-11)13-3-2-4-14(7-13)21-17(24)8-15-9-27-19(22-15)23-18(25)12-5-6-12/h2-4,7,9-10,12H,5-6,8H2,1H3,(H,21,24)(H,22,23,25). The zero-order valence-corrected chi connectivity index (χ0v) is 16.3. The van der Waals surface area contributed by atoms with Crippen LogP contribution in [-0.2, 0) is 16.0 Å². The molecule has 0 radical (unpaired) electrons. The van der Waals surface area contributed by atoms with E-state index in [0.29, 0.717) is 10.8 Å². The summed E-state index contributed by atoms with van der Waals surface area (Å²) in [5.74, 6) is 0.0100. The number of benzene rings is 1. The molecule has 1 aliphatic carbocycles. The van der Waals surface area contributed by atoms with Crippen molar-refractivity contribution in [1.29, 1.82) is 0 Å². The minimum Gasteiger partial charge on any atom is -0.326 e. The summed E-state index contributed by atoms with van der Waals surface area (Å²) < 4.78 is 0. The van der Waals surface area contributed by atoms with E-state index in [1.807, 2.05) is 36.6 Å². The number of aryl methyl sites for hydroxylation is 1. The van der Waals surface area contributed by atoms with E-state index in [1.54, 1.807) is 16.7 Å². The molecule has 0 atom stereocenters. The van der Waals surface area contributed by atoms with E-state index in [-0.39, 0.29) is 24.2 Å². The van der Waals surface area contributed by atoms with Gasteiger partial charge in [0.15, 0.2) is 5.13 Å². The number of nitrogens with zero attached hydrogens (tertiary/aromatic N) is 2. The highest BCUT2D eigenvalue weighted by atomic mass is 32.1. The lowest BCUT2D eigenvalue weighted by Gasteiger charge is -2.06. The van der Waals surface area contributed by atoms with Gasteiger partial charge in [0, 0.05) is 27.9 Å². The molecule has 138 valence electrons. The Kier molecular flexibility index (Phi) is 5.00. The third kappa shape index (κ3) is 4.58. The molecule has 0 bridgehead atoms. The zero-order chi connectivity index (χ0) is 18.8. The molecule has 2 heterocycles. The number of nitrogens with one attached hydrogen (secondary N) is 2. The topological polar surface area (TPSA) is 84.0 Å². The second-order valence-electron chi connectivity index (χ2n) is 6.47. The molecule has 0 spiro atoms. The molecule has 0 saturated heterocycles. The highest BCUT2D eigenvalue weighted by Gasteiger charge is 2.30. The molecule has 1 aliphatic rings. The minimum atomic E-state index is -0.146. The van der Waals surface area contributed by atoms with Gasteiger partial charge in [-0.25, -0.2) is 9.97 Å². The van der Waals surface area contributed by atoms with Crippen LogP contribution >= 0.6 is 22.7 Å². The quantitative estimate of drug-likeness (QED) is 0.655.